The van der Waals surface area contributed by atoms with E-state index in [-0.39, 0.29) is 78.9 Å². The quantitative estimate of drug-likeness (QED) is 0.254. The van der Waals surface area contributed by atoms with Gasteiger partial charge in [-0.2, -0.15) is 0 Å². The second-order valence-electron chi connectivity index (χ2n) is 11.3. The Hall–Kier alpha value is 0.260. The monoisotopic (exact) mass is 514 g/mol. The number of hydrogen-bond acceptors (Lipinski definition) is 7. The van der Waals surface area contributed by atoms with Crippen LogP contribution in [0.2, 0.25) is 0 Å². The Morgan fingerprint density at radius 3 is 2.53 bits per heavy atom. The van der Waals surface area contributed by atoms with Gasteiger partial charge in [-0.15, -0.1) is 0 Å². The molecule has 4 saturated carbocycles. The number of rotatable bonds is 6. The second-order valence-corrected chi connectivity index (χ2v) is 12.3. The van der Waals surface area contributed by atoms with Crippen LogP contribution in [0.15, 0.2) is 0 Å². The Bertz CT molecular complexity index is 1030. The maximum absolute atomic E-state index is 11.6. The van der Waals surface area contributed by atoms with Gasteiger partial charge in [0.15, 0.2) is 0 Å². The maximum atomic E-state index is 11.6. The van der Waals surface area contributed by atoms with Crippen LogP contribution in [-0.2, 0) is 19.4 Å². The molecular weight excluding hydrogens is 471 g/mol. The minimum Gasteiger partial charge on any atom is -0.726 e. The van der Waals surface area contributed by atoms with Crippen molar-refractivity contribution in [2.24, 2.45) is 46.3 Å². The first-order chi connectivity index (χ1) is 16.8. The Labute approximate surface area is 231 Å². The maximum Gasteiger partial charge on any atom is 1.00 e. The second kappa shape index (κ2) is 10.2. The normalized spacial score (nSPS) is 51.7. The van der Waals surface area contributed by atoms with E-state index < -0.39 is 70.1 Å². The zero-order valence-corrected chi connectivity index (χ0v) is 23.3. The zero-order chi connectivity index (χ0) is 27.9. The molecular formula is C24H39NaO8S. The van der Waals surface area contributed by atoms with Crippen molar-refractivity contribution in [3.63, 3.8) is 0 Å². The van der Waals surface area contributed by atoms with Gasteiger partial charge in [0.25, 0.3) is 0 Å². The third-order valence-electron chi connectivity index (χ3n) is 9.81. The Kier molecular flexibility index (Phi) is 7.01. The topological polar surface area (TPSA) is 144 Å². The van der Waals surface area contributed by atoms with Crippen molar-refractivity contribution < 1.29 is 72.3 Å². The third-order valence-corrected chi connectivity index (χ3v) is 10.2. The van der Waals surface area contributed by atoms with Gasteiger partial charge in [-0.3, -0.25) is 8.98 Å². The molecule has 0 amide bonds. The number of aliphatic hydroxyl groups excluding tert-OH is 2. The van der Waals surface area contributed by atoms with E-state index in [1.807, 2.05) is 13.8 Å². The number of carbonyl (C=O) groups is 1. The first-order valence-corrected chi connectivity index (χ1v) is 13.3. The minimum absolute atomic E-state index is 0. The number of aliphatic carboxylic acids is 1. The summed E-state index contributed by atoms with van der Waals surface area (Å²) in [6.07, 6.45) is -7.03. The molecule has 4 rings (SSSR count). The van der Waals surface area contributed by atoms with Crippen LogP contribution in [0, 0.1) is 46.3 Å². The molecule has 4 aliphatic carbocycles. The van der Waals surface area contributed by atoms with Crippen molar-refractivity contribution in [1.82, 2.24) is 0 Å². The summed E-state index contributed by atoms with van der Waals surface area (Å²) in [6.45, 7) is 5.77. The Balaban J connectivity index is 0.00000400. The Morgan fingerprint density at radius 2 is 1.91 bits per heavy atom. The van der Waals surface area contributed by atoms with Crippen molar-refractivity contribution >= 4 is 16.4 Å². The van der Waals surface area contributed by atoms with Crippen LogP contribution in [0.3, 0.4) is 0 Å². The van der Waals surface area contributed by atoms with Crippen LogP contribution in [-0.4, -0.2) is 52.6 Å². The number of carboxylic acids is 1. The summed E-state index contributed by atoms with van der Waals surface area (Å²) in [5.74, 6) is -2.63. The van der Waals surface area contributed by atoms with E-state index in [9.17, 15) is 28.0 Å². The molecule has 4 fully saturated rings. The van der Waals surface area contributed by atoms with Gasteiger partial charge in [0, 0.05) is 11.9 Å². The molecule has 4 aliphatic rings. The molecule has 0 bridgehead atoms. The minimum atomic E-state index is -5.38. The predicted molar refractivity (Wildman–Crippen MR) is 119 cm³/mol. The number of fused-ring (bicyclic) bond motifs is 5. The summed E-state index contributed by atoms with van der Waals surface area (Å²) >= 11 is 0. The molecule has 0 radical (unpaired) electrons. The fourth-order valence-corrected chi connectivity index (χ4v) is 8.52. The van der Waals surface area contributed by atoms with Crippen molar-refractivity contribution in [3.05, 3.63) is 0 Å². The van der Waals surface area contributed by atoms with Crippen LogP contribution in [0.4, 0.5) is 0 Å². The third kappa shape index (κ3) is 5.02. The average molecular weight is 515 g/mol. The van der Waals surface area contributed by atoms with Crippen molar-refractivity contribution in [2.45, 2.75) is 96.8 Å². The molecule has 3 N–H and O–H groups in total. The predicted octanol–water partition coefficient (Wildman–Crippen LogP) is -0.0628. The standard InChI is InChI=1S/C24H40O8S.Na/c1-13(4-7-21(27)28)16-5-6-17-22-18(12-20(26)24(16,17)3)23(2)9-8-15(32-33(29,30)31)10-14(23)11-19(22)25;/h13-20,22,25-26H,4-12H2,1-3H3,(H,27,28)(H,29,30,31);/q;+1/p-1/t13-,14+,15-,16?,17?,18?,19-,20+,22?,23+,24-;/m1./s1/i8D2,10D2;. The molecule has 190 valence electrons. The summed E-state index contributed by atoms with van der Waals surface area (Å²) in [7, 11) is -5.38. The van der Waals surface area contributed by atoms with E-state index in [2.05, 4.69) is 4.18 Å². The van der Waals surface area contributed by atoms with Crippen LogP contribution >= 0.6 is 0 Å². The smallest absolute Gasteiger partial charge is 0.726 e. The molecule has 0 heterocycles. The molecule has 0 aromatic carbocycles. The van der Waals surface area contributed by atoms with Gasteiger partial charge in [0.1, 0.15) is 0 Å². The van der Waals surface area contributed by atoms with E-state index >= 15 is 0 Å². The van der Waals surface area contributed by atoms with Gasteiger partial charge < -0.3 is 19.9 Å². The van der Waals surface area contributed by atoms with Crippen LogP contribution in [0.25, 0.3) is 0 Å². The number of carboxylic acid groups (broad SMARTS) is 1. The molecule has 0 spiro atoms. The van der Waals surface area contributed by atoms with Gasteiger partial charge in [0.2, 0.25) is 10.4 Å². The largest absolute Gasteiger partial charge is 1.00 e. The molecule has 0 saturated heterocycles. The van der Waals surface area contributed by atoms with Crippen LogP contribution in [0.5, 0.6) is 0 Å². The van der Waals surface area contributed by atoms with E-state index in [1.54, 1.807) is 6.92 Å². The summed E-state index contributed by atoms with van der Waals surface area (Å²) in [6, 6.07) is 0. The SMILES string of the molecule is [2H]C1([2H])C[C@]2(C)C3C[C@H](O)[C@@]4(C)C(CCC4[C@H](C)CCC(=O)O)C3[C@H](O)C[C@@H]2C([2H])([2H])[C@@H]1OS(=O)(=O)[O-].[Na+]. The fourth-order valence-electron chi connectivity index (χ4n) is 8.16. The van der Waals surface area contributed by atoms with Crippen molar-refractivity contribution in [2.75, 3.05) is 0 Å². The summed E-state index contributed by atoms with van der Waals surface area (Å²) in [5, 5.41) is 32.2. The molecule has 0 aromatic rings. The van der Waals surface area contributed by atoms with Crippen molar-refractivity contribution in [1.29, 1.82) is 0 Å². The molecule has 0 aromatic heterocycles. The van der Waals surface area contributed by atoms with Crippen LogP contribution < -0.4 is 29.6 Å². The first kappa shape index (κ1) is 23.4. The molecule has 34 heavy (non-hydrogen) atoms. The van der Waals surface area contributed by atoms with E-state index in [0.717, 1.165) is 6.42 Å². The summed E-state index contributed by atoms with van der Waals surface area (Å²) in [4.78, 5) is 11.1. The van der Waals surface area contributed by atoms with Crippen molar-refractivity contribution in [3.8, 4) is 0 Å². The van der Waals surface area contributed by atoms with Gasteiger partial charge in [-0.05, 0) is 97.6 Å². The van der Waals surface area contributed by atoms with Gasteiger partial charge in [0.05, 0.1) is 18.3 Å². The van der Waals surface area contributed by atoms with Gasteiger partial charge >= 0.3 is 35.5 Å². The first-order valence-electron chi connectivity index (χ1n) is 14.0. The fraction of sp³-hybridized carbons (Fsp3) is 0.958. The average Bonchev–Trinajstić information content (AvgIpc) is 3.10. The summed E-state index contributed by atoms with van der Waals surface area (Å²) in [5.41, 5.74) is -1.60. The van der Waals surface area contributed by atoms with E-state index in [4.69, 9.17) is 10.6 Å². The van der Waals surface area contributed by atoms with Crippen LogP contribution in [0.1, 0.15) is 83.9 Å². The van der Waals surface area contributed by atoms with Gasteiger partial charge in [-0.1, -0.05) is 20.8 Å². The zero-order valence-electron chi connectivity index (χ0n) is 24.4. The van der Waals surface area contributed by atoms with E-state index in [1.165, 1.54) is 0 Å². The van der Waals surface area contributed by atoms with E-state index in [0.29, 0.717) is 12.8 Å². The number of hydrogen-bond donors (Lipinski definition) is 3. The molecule has 4 unspecified atom stereocenters. The number of aliphatic hydroxyl groups is 2. The molecule has 10 heteroatoms. The molecule has 0 aliphatic heterocycles. The van der Waals surface area contributed by atoms with Gasteiger partial charge in [-0.25, -0.2) is 8.42 Å². The summed E-state index contributed by atoms with van der Waals surface area (Å²) < 4.78 is 73.1. The molecule has 8 nitrogen and oxygen atoms in total. The Morgan fingerprint density at radius 1 is 1.24 bits per heavy atom. The molecule has 11 atom stereocenters.